The summed E-state index contributed by atoms with van der Waals surface area (Å²) in [6.45, 7) is 7.79. The number of carbonyl (C=O) groups excluding carboxylic acids is 1. The molecule has 1 unspecified atom stereocenters. The van der Waals surface area contributed by atoms with Gasteiger partial charge in [0.2, 0.25) is 9.84 Å². The lowest BCUT2D eigenvalue weighted by molar-refractivity contribution is -0.160. The Kier molecular flexibility index (Phi) is 10.5. The van der Waals surface area contributed by atoms with Crippen molar-refractivity contribution in [2.45, 2.75) is 61.7 Å². The fourth-order valence-electron chi connectivity index (χ4n) is 4.13. The number of nitrogens with one attached hydrogen (secondary N) is 2. The predicted octanol–water partition coefficient (Wildman–Crippen LogP) is 4.88. The molecule has 0 saturated heterocycles. The summed E-state index contributed by atoms with van der Waals surface area (Å²) in [6.07, 6.45) is -0.798. The van der Waals surface area contributed by atoms with Crippen LogP contribution in [-0.4, -0.2) is 55.3 Å². The first-order valence-corrected chi connectivity index (χ1v) is 14.9. The maximum absolute atomic E-state index is 13.2. The quantitative estimate of drug-likeness (QED) is 0.213. The van der Waals surface area contributed by atoms with Gasteiger partial charge in [-0.05, 0) is 87.7 Å². The van der Waals surface area contributed by atoms with Crippen molar-refractivity contribution >= 4 is 39.1 Å². The minimum Gasteiger partial charge on any atom is -0.478 e. The van der Waals surface area contributed by atoms with Gasteiger partial charge < -0.3 is 25.6 Å². The van der Waals surface area contributed by atoms with Crippen LogP contribution in [0.4, 0.5) is 5.69 Å². The Hall–Kier alpha value is -3.44. The molecule has 0 saturated carbocycles. The number of esters is 1. The summed E-state index contributed by atoms with van der Waals surface area (Å²) in [5.41, 5.74) is 0.692. The van der Waals surface area contributed by atoms with Crippen LogP contribution in [0.5, 0.6) is 0 Å². The van der Waals surface area contributed by atoms with E-state index in [1.807, 2.05) is 6.92 Å². The van der Waals surface area contributed by atoms with Crippen LogP contribution >= 0.6 is 11.6 Å². The van der Waals surface area contributed by atoms with E-state index in [1.54, 1.807) is 57.2 Å². The number of carboxylic acids is 1. The molecule has 0 bridgehead atoms. The van der Waals surface area contributed by atoms with Gasteiger partial charge in [-0.25, -0.2) is 13.2 Å². The summed E-state index contributed by atoms with van der Waals surface area (Å²) in [6, 6.07) is 15.7. The number of halogens is 1. The predicted molar refractivity (Wildman–Crippen MR) is 157 cm³/mol. The third kappa shape index (κ3) is 8.53. The molecule has 11 heteroatoms. The minimum atomic E-state index is -3.96. The normalized spacial score (nSPS) is 13.3. The van der Waals surface area contributed by atoms with Crippen LogP contribution in [0.3, 0.4) is 0 Å². The molecule has 3 rings (SSSR count). The molecule has 0 aromatic heterocycles. The molecule has 0 aliphatic carbocycles. The number of hydrogen-bond donors (Lipinski definition) is 4. The molecule has 0 amide bonds. The van der Waals surface area contributed by atoms with Gasteiger partial charge in [-0.15, -0.1) is 0 Å². The number of anilines is 1. The zero-order valence-electron chi connectivity index (χ0n) is 23.3. The first-order chi connectivity index (χ1) is 19.2. The second-order valence-electron chi connectivity index (χ2n) is 10.4. The van der Waals surface area contributed by atoms with Crippen LogP contribution in [0.1, 0.15) is 55.3 Å². The highest BCUT2D eigenvalue weighted by Crippen LogP contribution is 2.27. The van der Waals surface area contributed by atoms with Crippen molar-refractivity contribution in [1.29, 1.82) is 0 Å². The highest BCUT2D eigenvalue weighted by Gasteiger charge is 2.32. The Morgan fingerprint density at radius 1 is 1.00 bits per heavy atom. The largest absolute Gasteiger partial charge is 0.478 e. The first kappa shape index (κ1) is 32.1. The van der Waals surface area contributed by atoms with E-state index in [2.05, 4.69) is 10.6 Å². The molecule has 0 aliphatic rings. The lowest BCUT2D eigenvalue weighted by Gasteiger charge is -2.27. The third-order valence-corrected chi connectivity index (χ3v) is 8.08. The first-order valence-electron chi connectivity index (χ1n) is 13.1. The van der Waals surface area contributed by atoms with Crippen LogP contribution < -0.4 is 10.6 Å². The number of aliphatic hydroxyl groups excluding tert-OH is 1. The Morgan fingerprint density at radius 2 is 1.66 bits per heavy atom. The Labute approximate surface area is 245 Å². The van der Waals surface area contributed by atoms with E-state index in [1.165, 1.54) is 24.3 Å². The van der Waals surface area contributed by atoms with Gasteiger partial charge in [-0.1, -0.05) is 35.9 Å². The zero-order chi connectivity index (χ0) is 30.4. The van der Waals surface area contributed by atoms with Gasteiger partial charge in [0, 0.05) is 23.8 Å². The fraction of sp³-hybridized carbons (Fsp3) is 0.333. The van der Waals surface area contributed by atoms with Crippen molar-refractivity contribution < 1.29 is 33.0 Å². The van der Waals surface area contributed by atoms with Gasteiger partial charge in [0.1, 0.15) is 17.7 Å². The number of benzene rings is 3. The number of sulfone groups is 1. The van der Waals surface area contributed by atoms with Crippen molar-refractivity contribution in [2.24, 2.45) is 0 Å². The highest BCUT2D eigenvalue weighted by atomic mass is 35.5. The Morgan fingerprint density at radius 3 is 2.24 bits per heavy atom. The maximum Gasteiger partial charge on any atom is 0.337 e. The van der Waals surface area contributed by atoms with E-state index >= 15 is 0 Å². The molecule has 0 fully saturated rings. The monoisotopic (exact) mass is 602 g/mol. The molecule has 3 aromatic carbocycles. The molecule has 220 valence electrons. The second kappa shape index (κ2) is 13.5. The van der Waals surface area contributed by atoms with Gasteiger partial charge in [0.25, 0.3) is 0 Å². The van der Waals surface area contributed by atoms with Crippen LogP contribution in [0, 0.1) is 0 Å². The van der Waals surface area contributed by atoms with Crippen LogP contribution in [0.15, 0.2) is 76.5 Å². The fourth-order valence-corrected chi connectivity index (χ4v) is 5.61. The minimum absolute atomic E-state index is 0.0183. The van der Waals surface area contributed by atoms with Gasteiger partial charge >= 0.3 is 11.9 Å². The highest BCUT2D eigenvalue weighted by molar-refractivity contribution is 7.91. The van der Waals surface area contributed by atoms with Gasteiger partial charge in [-0.3, -0.25) is 4.79 Å². The topological polar surface area (TPSA) is 142 Å². The molecule has 3 aromatic rings. The third-order valence-electron chi connectivity index (χ3n) is 6.08. The summed E-state index contributed by atoms with van der Waals surface area (Å²) in [7, 11) is -3.96. The smallest absolute Gasteiger partial charge is 0.337 e. The summed E-state index contributed by atoms with van der Waals surface area (Å²) >= 11 is 6.07. The molecule has 0 aliphatic heterocycles. The molecule has 41 heavy (non-hydrogen) atoms. The molecule has 9 nitrogen and oxygen atoms in total. The molecule has 4 N–H and O–H groups in total. The number of hydrogen-bond acceptors (Lipinski definition) is 8. The van der Waals surface area contributed by atoms with E-state index in [0.29, 0.717) is 29.2 Å². The van der Waals surface area contributed by atoms with E-state index in [9.17, 15) is 28.2 Å². The number of carbonyl (C=O) groups is 2. The summed E-state index contributed by atoms with van der Waals surface area (Å²) in [4.78, 5) is 24.5. The summed E-state index contributed by atoms with van der Waals surface area (Å²) in [5, 5.41) is 26.9. The number of ether oxygens (including phenoxy) is 1. The van der Waals surface area contributed by atoms with E-state index < -0.39 is 39.5 Å². The molecule has 0 heterocycles. The average Bonchev–Trinajstić information content (AvgIpc) is 2.90. The van der Waals surface area contributed by atoms with Crippen molar-refractivity contribution in [2.75, 3.05) is 18.4 Å². The van der Waals surface area contributed by atoms with E-state index in [-0.39, 0.29) is 21.9 Å². The number of carboxylic acid groups (broad SMARTS) is 1. The molecular weight excluding hydrogens is 568 g/mol. The SMILES string of the molecule is CCNc1ccc(S(=O)(=O)c2ccc(CCNC(C(=O)OC(C)(C)C)[C@H](O)c3cccc(Cl)c3)cc2)cc1C(=O)O. The van der Waals surface area contributed by atoms with Crippen molar-refractivity contribution in [3.8, 4) is 0 Å². The van der Waals surface area contributed by atoms with Gasteiger partial charge in [0.15, 0.2) is 0 Å². The van der Waals surface area contributed by atoms with Gasteiger partial charge in [-0.2, -0.15) is 0 Å². The van der Waals surface area contributed by atoms with Crippen molar-refractivity contribution in [3.05, 3.63) is 88.4 Å². The number of aromatic carboxylic acids is 1. The maximum atomic E-state index is 13.2. The standard InChI is InChI=1S/C30H35ClN2O7S/c1-5-32-25-14-13-23(18-24(25)28(35)36)41(38,39)22-11-9-19(10-12-22)15-16-33-26(29(37)40-30(2,3)4)27(34)20-7-6-8-21(31)17-20/h6-14,17-18,26-27,32-34H,5,15-16H2,1-4H3,(H,35,36)/t26?,27-/m1/s1. The number of aliphatic hydroxyl groups is 1. The van der Waals surface area contributed by atoms with Gasteiger partial charge in [0.05, 0.1) is 15.4 Å². The summed E-state index contributed by atoms with van der Waals surface area (Å²) in [5.74, 6) is -1.85. The van der Waals surface area contributed by atoms with E-state index in [4.69, 9.17) is 16.3 Å². The lowest BCUT2D eigenvalue weighted by atomic mass is 10.0. The summed E-state index contributed by atoms with van der Waals surface area (Å²) < 4.78 is 31.9. The Bertz CT molecular complexity index is 1490. The molecule has 2 atom stereocenters. The lowest BCUT2D eigenvalue weighted by Crippen LogP contribution is -2.46. The second-order valence-corrected chi connectivity index (χ2v) is 12.8. The molecular formula is C30H35ClN2O7S. The zero-order valence-corrected chi connectivity index (χ0v) is 24.9. The average molecular weight is 603 g/mol. The number of rotatable bonds is 12. The van der Waals surface area contributed by atoms with Crippen molar-refractivity contribution in [3.63, 3.8) is 0 Å². The Balaban J connectivity index is 1.74. The molecule has 0 spiro atoms. The van der Waals surface area contributed by atoms with Crippen molar-refractivity contribution in [1.82, 2.24) is 5.32 Å². The molecule has 0 radical (unpaired) electrons. The van der Waals surface area contributed by atoms with E-state index in [0.717, 1.165) is 11.6 Å². The van der Waals surface area contributed by atoms with Crippen LogP contribution in [-0.2, 0) is 25.8 Å². The van der Waals surface area contributed by atoms with Crippen LogP contribution in [0.25, 0.3) is 0 Å². The van der Waals surface area contributed by atoms with Crippen LogP contribution in [0.2, 0.25) is 5.02 Å².